The van der Waals surface area contributed by atoms with Gasteiger partial charge in [-0.05, 0) is 67.4 Å². The van der Waals surface area contributed by atoms with E-state index in [1.807, 2.05) is 67.6 Å². The molecule has 1 atom stereocenters. The van der Waals surface area contributed by atoms with Gasteiger partial charge in [-0.1, -0.05) is 41.6 Å². The predicted molar refractivity (Wildman–Crippen MR) is 149 cm³/mol. The Bertz CT molecular complexity index is 1270. The summed E-state index contributed by atoms with van der Waals surface area (Å²) < 4.78 is 10.8. The van der Waals surface area contributed by atoms with E-state index >= 15 is 0 Å². The quantitative estimate of drug-likeness (QED) is 0.365. The van der Waals surface area contributed by atoms with Crippen molar-refractivity contribution in [1.82, 2.24) is 4.90 Å². The lowest BCUT2D eigenvalue weighted by Gasteiger charge is -2.32. The molecular weight excluding hydrogens is 510 g/mol. The summed E-state index contributed by atoms with van der Waals surface area (Å²) in [7, 11) is 1.60. The highest BCUT2D eigenvalue weighted by atomic mass is 35.5. The number of hydrogen-bond acceptors (Lipinski definition) is 6. The number of carbonyl (C=O) groups excluding carboxylic acids is 2. The zero-order valence-electron chi connectivity index (χ0n) is 20.6. The van der Waals surface area contributed by atoms with Crippen molar-refractivity contribution in [1.29, 1.82) is 0 Å². The Labute approximate surface area is 225 Å². The zero-order chi connectivity index (χ0) is 26.2. The van der Waals surface area contributed by atoms with Crippen LogP contribution in [0.4, 0.5) is 11.4 Å². The molecule has 3 aromatic carbocycles. The number of benzene rings is 3. The van der Waals surface area contributed by atoms with E-state index in [0.717, 1.165) is 5.56 Å². The number of nitrogens with one attached hydrogen (secondary N) is 1. The van der Waals surface area contributed by atoms with Gasteiger partial charge in [0.2, 0.25) is 11.8 Å². The lowest BCUT2D eigenvalue weighted by atomic mass is 10.1. The molecule has 4 rings (SSSR count). The van der Waals surface area contributed by atoms with Crippen molar-refractivity contribution >= 4 is 51.7 Å². The Balaban J connectivity index is 1.54. The Morgan fingerprint density at radius 3 is 2.57 bits per heavy atom. The van der Waals surface area contributed by atoms with Gasteiger partial charge in [0.15, 0.2) is 5.17 Å². The number of amidine groups is 1. The Morgan fingerprint density at radius 1 is 1.11 bits per heavy atom. The molecule has 9 heteroatoms. The Hall–Kier alpha value is -3.49. The molecule has 1 heterocycles. The number of nitrogens with zero attached hydrogens (tertiary/aromatic N) is 2. The number of hydrogen-bond donors (Lipinski definition) is 1. The van der Waals surface area contributed by atoms with E-state index in [1.54, 1.807) is 24.1 Å². The van der Waals surface area contributed by atoms with Crippen LogP contribution in [0.3, 0.4) is 0 Å². The van der Waals surface area contributed by atoms with Crippen LogP contribution in [0.25, 0.3) is 0 Å². The third kappa shape index (κ3) is 7.27. The molecule has 0 unspecified atom stereocenters. The first-order valence-corrected chi connectivity index (χ1v) is 13.2. The lowest BCUT2D eigenvalue weighted by molar-refractivity contribution is -0.129. The number of anilines is 1. The van der Waals surface area contributed by atoms with Crippen molar-refractivity contribution in [3.05, 3.63) is 83.4 Å². The van der Waals surface area contributed by atoms with Gasteiger partial charge in [-0.2, -0.15) is 0 Å². The fourth-order valence-corrected chi connectivity index (χ4v) is 5.02. The number of thioether (sulfide) groups is 1. The van der Waals surface area contributed by atoms with Gasteiger partial charge >= 0.3 is 0 Å². The smallest absolute Gasteiger partial charge is 0.238 e. The van der Waals surface area contributed by atoms with Crippen molar-refractivity contribution in [2.24, 2.45) is 4.99 Å². The number of aliphatic imine (C=N–C) groups is 1. The molecule has 37 heavy (non-hydrogen) atoms. The van der Waals surface area contributed by atoms with Gasteiger partial charge in [-0.15, -0.1) is 0 Å². The minimum absolute atomic E-state index is 0.0733. The summed E-state index contributed by atoms with van der Waals surface area (Å²) in [6.07, 6.45) is 0.704. The standard InChI is InChI=1S/C28H28ClN3O4S/c1-3-36-24-6-4-5-22(17-24)30-27(34)25-18-26(33)32(16-15-19-7-9-20(29)10-8-19)28(37-25)31-21-11-13-23(35-2)14-12-21/h4-14,17,25H,3,15-16,18H2,1-2H3,(H,30,34)/t25-/m0/s1. The lowest BCUT2D eigenvalue weighted by Crippen LogP contribution is -2.46. The summed E-state index contributed by atoms with van der Waals surface area (Å²) in [6, 6.07) is 22.0. The van der Waals surface area contributed by atoms with Gasteiger partial charge in [0.1, 0.15) is 16.7 Å². The number of methoxy groups -OCH3 is 1. The van der Waals surface area contributed by atoms with Gasteiger partial charge in [0, 0.05) is 29.7 Å². The minimum atomic E-state index is -0.618. The van der Waals surface area contributed by atoms with E-state index in [2.05, 4.69) is 5.32 Å². The molecule has 0 bridgehead atoms. The normalized spacial score (nSPS) is 16.5. The second-order valence-electron chi connectivity index (χ2n) is 8.27. The summed E-state index contributed by atoms with van der Waals surface area (Å²) >= 11 is 7.29. The molecule has 0 spiro atoms. The highest BCUT2D eigenvalue weighted by Crippen LogP contribution is 2.31. The van der Waals surface area contributed by atoms with E-state index in [4.69, 9.17) is 26.1 Å². The third-order valence-corrected chi connectivity index (χ3v) is 7.12. The fraction of sp³-hybridized carbons (Fsp3) is 0.250. The SMILES string of the molecule is CCOc1cccc(NC(=O)[C@@H]2CC(=O)N(CCc3ccc(Cl)cc3)C(=Nc3ccc(OC)cc3)S2)c1. The van der Waals surface area contributed by atoms with Crippen molar-refractivity contribution in [2.45, 2.75) is 25.0 Å². The van der Waals surface area contributed by atoms with Crippen molar-refractivity contribution in [3.8, 4) is 11.5 Å². The second-order valence-corrected chi connectivity index (χ2v) is 9.88. The molecule has 0 aliphatic carbocycles. The molecule has 1 aliphatic heterocycles. The molecule has 7 nitrogen and oxygen atoms in total. The van der Waals surface area contributed by atoms with Crippen molar-refractivity contribution in [3.63, 3.8) is 0 Å². The number of ether oxygens (including phenoxy) is 2. The molecule has 192 valence electrons. The summed E-state index contributed by atoms with van der Waals surface area (Å²) in [5.74, 6) is 0.972. The first kappa shape index (κ1) is 26.6. The number of amides is 2. The minimum Gasteiger partial charge on any atom is -0.497 e. The molecule has 0 radical (unpaired) electrons. The van der Waals surface area contributed by atoms with Crippen LogP contribution in [0.1, 0.15) is 18.9 Å². The molecular formula is C28H28ClN3O4S. The van der Waals surface area contributed by atoms with Gasteiger partial charge in [-0.25, -0.2) is 4.99 Å². The maximum Gasteiger partial charge on any atom is 0.238 e. The second kappa shape index (κ2) is 12.7. The number of rotatable bonds is 9. The number of carbonyl (C=O) groups is 2. The predicted octanol–water partition coefficient (Wildman–Crippen LogP) is 5.95. The molecule has 1 aliphatic rings. The monoisotopic (exact) mass is 537 g/mol. The van der Waals surface area contributed by atoms with Crippen molar-refractivity contribution < 1.29 is 19.1 Å². The van der Waals surface area contributed by atoms with Crippen LogP contribution in [0.5, 0.6) is 11.5 Å². The van der Waals surface area contributed by atoms with Crippen LogP contribution in [0, 0.1) is 0 Å². The van der Waals surface area contributed by atoms with Gasteiger partial charge in [-0.3, -0.25) is 14.5 Å². The highest BCUT2D eigenvalue weighted by Gasteiger charge is 2.35. The van der Waals surface area contributed by atoms with E-state index in [0.29, 0.717) is 52.6 Å². The summed E-state index contributed by atoms with van der Waals surface area (Å²) in [6.45, 7) is 2.87. The van der Waals surface area contributed by atoms with Gasteiger partial charge in [0.05, 0.1) is 19.4 Å². The van der Waals surface area contributed by atoms with E-state index in [9.17, 15) is 9.59 Å². The zero-order valence-corrected chi connectivity index (χ0v) is 22.2. The van der Waals surface area contributed by atoms with E-state index < -0.39 is 5.25 Å². The highest BCUT2D eigenvalue weighted by molar-refractivity contribution is 8.15. The van der Waals surface area contributed by atoms with Crippen molar-refractivity contribution in [2.75, 3.05) is 25.6 Å². The van der Waals surface area contributed by atoms with Crippen LogP contribution >= 0.6 is 23.4 Å². The summed E-state index contributed by atoms with van der Waals surface area (Å²) in [5, 5.41) is 3.44. The third-order valence-electron chi connectivity index (χ3n) is 5.68. The molecule has 0 saturated carbocycles. The summed E-state index contributed by atoms with van der Waals surface area (Å²) in [4.78, 5) is 32.8. The molecule has 0 aromatic heterocycles. The molecule has 1 fully saturated rings. The van der Waals surface area contributed by atoms with Crippen LogP contribution in [0.2, 0.25) is 5.02 Å². The van der Waals surface area contributed by atoms with Crippen LogP contribution in [-0.4, -0.2) is 47.4 Å². The Morgan fingerprint density at radius 2 is 1.86 bits per heavy atom. The first-order valence-electron chi connectivity index (χ1n) is 11.9. The van der Waals surface area contributed by atoms with E-state index in [1.165, 1.54) is 11.8 Å². The fourth-order valence-electron chi connectivity index (χ4n) is 3.77. The number of halogens is 1. The van der Waals surface area contributed by atoms with Gasteiger partial charge in [0.25, 0.3) is 0 Å². The maximum absolute atomic E-state index is 13.3. The van der Waals surface area contributed by atoms with Crippen LogP contribution < -0.4 is 14.8 Å². The van der Waals surface area contributed by atoms with Crippen LogP contribution in [-0.2, 0) is 16.0 Å². The topological polar surface area (TPSA) is 80.2 Å². The molecule has 1 saturated heterocycles. The van der Waals surface area contributed by atoms with Gasteiger partial charge < -0.3 is 14.8 Å². The largest absolute Gasteiger partial charge is 0.497 e. The van der Waals surface area contributed by atoms with Crippen LogP contribution in [0.15, 0.2) is 77.8 Å². The molecule has 2 amide bonds. The first-order chi connectivity index (χ1) is 17.9. The average Bonchev–Trinajstić information content (AvgIpc) is 2.90. The van der Waals surface area contributed by atoms with E-state index in [-0.39, 0.29) is 18.2 Å². The Kier molecular flexibility index (Phi) is 9.09. The average molecular weight is 538 g/mol. The maximum atomic E-state index is 13.3. The molecule has 3 aromatic rings. The summed E-state index contributed by atoms with van der Waals surface area (Å²) in [5.41, 5.74) is 2.33. The molecule has 1 N–H and O–H groups in total.